The summed E-state index contributed by atoms with van der Waals surface area (Å²) in [5.41, 5.74) is 7.26. The normalized spacial score (nSPS) is 19.9. The van der Waals surface area contributed by atoms with Crippen LogP contribution in [0.15, 0.2) is 12.4 Å². The third-order valence-corrected chi connectivity index (χ3v) is 4.17. The van der Waals surface area contributed by atoms with Crippen molar-refractivity contribution in [3.8, 4) is 0 Å². The van der Waals surface area contributed by atoms with Crippen LogP contribution in [0.2, 0.25) is 0 Å². The molecule has 3 rings (SSSR count). The topological polar surface area (TPSA) is 80.9 Å². The van der Waals surface area contributed by atoms with Crippen LogP contribution in [-0.2, 0) is 0 Å². The molecule has 17 heavy (non-hydrogen) atoms. The average Bonchev–Trinajstić information content (AvgIpc) is 2.94. The molecule has 0 bridgehead atoms. The molecule has 0 saturated carbocycles. The number of aromatic nitrogens is 2. The van der Waals surface area contributed by atoms with E-state index in [0.717, 1.165) is 35.4 Å². The summed E-state index contributed by atoms with van der Waals surface area (Å²) in [6, 6.07) is 0. The fourth-order valence-corrected chi connectivity index (χ4v) is 3.35. The van der Waals surface area contributed by atoms with Gasteiger partial charge >= 0.3 is 0 Å². The second-order valence-corrected chi connectivity index (χ2v) is 5.11. The van der Waals surface area contributed by atoms with Gasteiger partial charge in [0, 0.05) is 30.4 Å². The van der Waals surface area contributed by atoms with Gasteiger partial charge in [-0.3, -0.25) is 9.78 Å². The monoisotopic (exact) mass is 248 g/mol. The molecule has 1 aliphatic rings. The first-order valence-electron chi connectivity index (χ1n) is 5.51. The van der Waals surface area contributed by atoms with Crippen LogP contribution in [0.25, 0.3) is 10.3 Å². The highest BCUT2D eigenvalue weighted by molar-refractivity contribution is 7.20. The number of primary amides is 1. The predicted octanol–water partition coefficient (Wildman–Crippen LogP) is 0.867. The maximum absolute atomic E-state index is 11.5. The molecular formula is C11H12N4OS. The highest BCUT2D eigenvalue weighted by Gasteiger charge is 2.27. The van der Waals surface area contributed by atoms with E-state index < -0.39 is 0 Å². The highest BCUT2D eigenvalue weighted by Crippen LogP contribution is 2.36. The minimum absolute atomic E-state index is 0.322. The van der Waals surface area contributed by atoms with E-state index in [-0.39, 0.29) is 5.91 Å². The van der Waals surface area contributed by atoms with Crippen molar-refractivity contribution in [3.05, 3.63) is 22.8 Å². The smallest absolute Gasteiger partial charge is 0.259 e. The molecule has 0 radical (unpaired) electrons. The maximum Gasteiger partial charge on any atom is 0.259 e. The van der Waals surface area contributed by atoms with Gasteiger partial charge in [0.15, 0.2) is 0 Å². The summed E-state index contributed by atoms with van der Waals surface area (Å²) >= 11 is 1.34. The van der Waals surface area contributed by atoms with Crippen molar-refractivity contribution in [3.63, 3.8) is 0 Å². The molecule has 1 saturated heterocycles. The Balaban J connectivity index is 2.24. The highest BCUT2D eigenvalue weighted by atomic mass is 32.1. The molecule has 2 aromatic heterocycles. The van der Waals surface area contributed by atoms with Gasteiger partial charge in [-0.2, -0.15) is 0 Å². The summed E-state index contributed by atoms with van der Waals surface area (Å²) < 4.78 is 0. The molecule has 0 aromatic carbocycles. The first-order chi connectivity index (χ1) is 8.27. The van der Waals surface area contributed by atoms with Crippen LogP contribution in [0.5, 0.6) is 0 Å². The van der Waals surface area contributed by atoms with Crippen LogP contribution in [0.4, 0.5) is 0 Å². The third-order valence-electron chi connectivity index (χ3n) is 3.06. The summed E-state index contributed by atoms with van der Waals surface area (Å²) in [7, 11) is 0. The van der Waals surface area contributed by atoms with Gasteiger partial charge in [-0.25, -0.2) is 4.98 Å². The van der Waals surface area contributed by atoms with Crippen LogP contribution in [0.1, 0.15) is 27.6 Å². The molecule has 1 fully saturated rings. The Kier molecular flexibility index (Phi) is 2.53. The van der Waals surface area contributed by atoms with Gasteiger partial charge in [0.1, 0.15) is 10.3 Å². The van der Waals surface area contributed by atoms with Crippen molar-refractivity contribution < 1.29 is 4.79 Å². The quantitative estimate of drug-likeness (QED) is 0.826. The van der Waals surface area contributed by atoms with E-state index in [1.165, 1.54) is 11.3 Å². The lowest BCUT2D eigenvalue weighted by Gasteiger charge is -2.08. The van der Waals surface area contributed by atoms with E-state index in [9.17, 15) is 4.79 Å². The minimum atomic E-state index is -0.378. The molecule has 3 heterocycles. The van der Waals surface area contributed by atoms with Crippen LogP contribution in [-0.4, -0.2) is 29.0 Å². The van der Waals surface area contributed by atoms with Gasteiger partial charge in [-0.1, -0.05) is 0 Å². The summed E-state index contributed by atoms with van der Waals surface area (Å²) in [6.45, 7) is 1.85. The van der Waals surface area contributed by atoms with Gasteiger partial charge in [-0.15, -0.1) is 11.3 Å². The molecule has 2 aromatic rings. The van der Waals surface area contributed by atoms with E-state index in [0.29, 0.717) is 10.8 Å². The van der Waals surface area contributed by atoms with E-state index in [1.54, 1.807) is 12.4 Å². The van der Waals surface area contributed by atoms with Crippen LogP contribution >= 0.6 is 11.3 Å². The Morgan fingerprint density at radius 3 is 3.00 bits per heavy atom. The zero-order valence-corrected chi connectivity index (χ0v) is 9.96. The van der Waals surface area contributed by atoms with Crippen molar-refractivity contribution in [2.45, 2.75) is 12.3 Å². The molecule has 3 N–H and O–H groups in total. The molecule has 88 valence electrons. The number of hydrogen-bond acceptors (Lipinski definition) is 5. The van der Waals surface area contributed by atoms with E-state index >= 15 is 0 Å². The van der Waals surface area contributed by atoms with Gasteiger partial charge in [-0.05, 0) is 13.0 Å². The van der Waals surface area contributed by atoms with Gasteiger partial charge < -0.3 is 11.1 Å². The lowest BCUT2D eigenvalue weighted by atomic mass is 9.98. The molecule has 1 aliphatic heterocycles. The molecule has 1 atom stereocenters. The zero-order chi connectivity index (χ0) is 11.8. The van der Waals surface area contributed by atoms with E-state index in [2.05, 4.69) is 15.3 Å². The van der Waals surface area contributed by atoms with Gasteiger partial charge in [0.25, 0.3) is 5.91 Å². The van der Waals surface area contributed by atoms with Gasteiger partial charge in [0.05, 0.1) is 4.88 Å². The number of rotatable bonds is 2. The first-order valence-corrected chi connectivity index (χ1v) is 6.33. The number of hydrogen-bond donors (Lipinski definition) is 2. The summed E-state index contributed by atoms with van der Waals surface area (Å²) in [6.07, 6.45) is 4.31. The number of nitrogens with one attached hydrogen (secondary N) is 1. The number of fused-ring (bicyclic) bond motifs is 1. The standard InChI is InChI=1S/C11H12N4OS/c12-10(16)9-7(6-1-2-13-5-6)8-11(17-9)15-4-3-14-8/h3-4,6,13H,1-2,5H2,(H2,12,16). The molecule has 1 amide bonds. The minimum Gasteiger partial charge on any atom is -0.365 e. The zero-order valence-electron chi connectivity index (χ0n) is 9.14. The van der Waals surface area contributed by atoms with Crippen molar-refractivity contribution in [2.24, 2.45) is 5.73 Å². The number of amides is 1. The second-order valence-electron chi connectivity index (χ2n) is 4.11. The predicted molar refractivity (Wildman–Crippen MR) is 66.2 cm³/mol. The Bertz CT molecular complexity index is 574. The molecule has 5 nitrogen and oxygen atoms in total. The first kappa shape index (κ1) is 10.6. The number of carbonyl (C=O) groups is 1. The van der Waals surface area contributed by atoms with Gasteiger partial charge in [0.2, 0.25) is 0 Å². The Morgan fingerprint density at radius 2 is 2.29 bits per heavy atom. The average molecular weight is 248 g/mol. The summed E-state index contributed by atoms with van der Waals surface area (Å²) in [4.78, 5) is 21.5. The molecule has 0 spiro atoms. The molecular weight excluding hydrogens is 236 g/mol. The maximum atomic E-state index is 11.5. The fraction of sp³-hybridized carbons (Fsp3) is 0.364. The van der Waals surface area contributed by atoms with E-state index in [4.69, 9.17) is 5.73 Å². The SMILES string of the molecule is NC(=O)c1sc2nccnc2c1C1CCNC1. The summed E-state index contributed by atoms with van der Waals surface area (Å²) in [5.74, 6) is -0.0559. The third kappa shape index (κ3) is 1.69. The van der Waals surface area contributed by atoms with Crippen LogP contribution in [0, 0.1) is 0 Å². The van der Waals surface area contributed by atoms with Crippen molar-refractivity contribution in [2.75, 3.05) is 13.1 Å². The molecule has 6 heteroatoms. The van der Waals surface area contributed by atoms with Crippen LogP contribution < -0.4 is 11.1 Å². The number of carbonyl (C=O) groups excluding carboxylic acids is 1. The lowest BCUT2D eigenvalue weighted by Crippen LogP contribution is -2.14. The molecule has 1 unspecified atom stereocenters. The van der Waals surface area contributed by atoms with Crippen LogP contribution in [0.3, 0.4) is 0 Å². The van der Waals surface area contributed by atoms with E-state index in [1.807, 2.05) is 0 Å². The summed E-state index contributed by atoms with van der Waals surface area (Å²) in [5, 5.41) is 3.30. The molecule has 0 aliphatic carbocycles. The second kappa shape index (κ2) is 4.05. The Morgan fingerprint density at radius 1 is 1.47 bits per heavy atom. The number of nitrogens with zero attached hydrogens (tertiary/aromatic N) is 2. The van der Waals surface area contributed by atoms with Crippen molar-refractivity contribution in [1.29, 1.82) is 0 Å². The van der Waals surface area contributed by atoms with Crippen molar-refractivity contribution >= 4 is 27.6 Å². The Labute approximate surface area is 102 Å². The number of nitrogens with two attached hydrogens (primary N) is 1. The largest absolute Gasteiger partial charge is 0.365 e. The van der Waals surface area contributed by atoms with Crippen molar-refractivity contribution in [1.82, 2.24) is 15.3 Å². The lowest BCUT2D eigenvalue weighted by molar-refractivity contribution is 0.100. The number of thiophene rings is 1. The Hall–Kier alpha value is -1.53. The fourth-order valence-electron chi connectivity index (χ4n) is 2.31.